The Labute approximate surface area is 217 Å². The van der Waals surface area contributed by atoms with Crippen molar-refractivity contribution in [3.8, 4) is 11.3 Å². The maximum atomic E-state index is 13.3. The second-order valence-electron chi connectivity index (χ2n) is 12.9. The molecule has 0 radical (unpaired) electrons. The molecule has 0 atom stereocenters. The third-order valence-corrected chi connectivity index (χ3v) is 9.50. The van der Waals surface area contributed by atoms with Crippen LogP contribution in [0, 0.1) is 18.8 Å². The van der Waals surface area contributed by atoms with E-state index >= 15 is 0 Å². The first-order valence-corrected chi connectivity index (χ1v) is 15.1. The topological polar surface area (TPSA) is 82.2 Å². The highest BCUT2D eigenvalue weighted by Crippen LogP contribution is 2.40. The quantitative estimate of drug-likeness (QED) is 0.431. The van der Waals surface area contributed by atoms with Gasteiger partial charge < -0.3 is 4.57 Å². The predicted octanol–water partition coefficient (Wildman–Crippen LogP) is 6.64. The van der Waals surface area contributed by atoms with E-state index in [2.05, 4.69) is 43.5 Å². The average Bonchev–Trinajstić information content (AvgIpc) is 3.55. The molecule has 1 aromatic heterocycles. The predicted molar refractivity (Wildman–Crippen MR) is 147 cm³/mol. The lowest BCUT2D eigenvalue weighted by Crippen LogP contribution is -2.30. The monoisotopic (exact) mass is 512 g/mol. The molecular formula is C30H44N2O3S. The molecule has 0 spiro atoms. The van der Waals surface area contributed by atoms with Crippen molar-refractivity contribution in [2.24, 2.45) is 17.0 Å². The minimum Gasteiger partial charge on any atom is -0.343 e. The number of Topliss-reactive ketones (excluding diaryl/α,β-unsaturated/α-hetero) is 1. The van der Waals surface area contributed by atoms with Gasteiger partial charge in [-0.15, -0.1) is 0 Å². The van der Waals surface area contributed by atoms with E-state index in [0.29, 0.717) is 24.0 Å². The Kier molecular flexibility index (Phi) is 7.35. The molecule has 2 aromatic rings. The number of aromatic nitrogens is 1. The molecule has 2 aliphatic rings. The highest BCUT2D eigenvalue weighted by Gasteiger charge is 2.36. The van der Waals surface area contributed by atoms with E-state index < -0.39 is 15.4 Å². The molecule has 2 aliphatic carbocycles. The first-order valence-electron chi connectivity index (χ1n) is 13.6. The summed E-state index contributed by atoms with van der Waals surface area (Å²) >= 11 is 0. The number of benzene rings is 1. The van der Waals surface area contributed by atoms with Crippen LogP contribution in [0.5, 0.6) is 0 Å². The lowest BCUT2D eigenvalue weighted by molar-refractivity contribution is -0.123. The van der Waals surface area contributed by atoms with Crippen molar-refractivity contribution in [2.45, 2.75) is 115 Å². The fraction of sp³-hybridized carbons (Fsp3) is 0.633. The summed E-state index contributed by atoms with van der Waals surface area (Å²) < 4.78 is 27.2. The number of rotatable bonds is 8. The number of primary sulfonamides is 1. The van der Waals surface area contributed by atoms with E-state index in [4.69, 9.17) is 5.14 Å². The highest BCUT2D eigenvalue weighted by atomic mass is 32.2. The third kappa shape index (κ3) is 5.80. The Bertz CT molecular complexity index is 1240. The van der Waals surface area contributed by atoms with Crippen LogP contribution in [0.2, 0.25) is 0 Å². The third-order valence-electron chi connectivity index (χ3n) is 8.48. The summed E-state index contributed by atoms with van der Waals surface area (Å²) in [5, 5.41) is 5.66. The Morgan fingerprint density at radius 1 is 0.917 bits per heavy atom. The first kappa shape index (κ1) is 27.1. The molecule has 198 valence electrons. The van der Waals surface area contributed by atoms with Gasteiger partial charge in [-0.3, -0.25) is 4.79 Å². The zero-order chi connectivity index (χ0) is 26.5. The molecule has 0 bridgehead atoms. The standard InChI is InChI=1S/C30H44N2O3S/c1-20-27(36(31,34)35)18-26(32(20)19-22-10-8-7-9-11-22)23-15-24(29(2,3)4)17-25(16-23)30(5,6)28(33)14-21-12-13-21/h15-18,21-22H,7-14,19H2,1-6H3,(H2,31,34,35). The van der Waals surface area contributed by atoms with Gasteiger partial charge in [0.1, 0.15) is 10.7 Å². The van der Waals surface area contributed by atoms with E-state index in [1.54, 1.807) is 6.07 Å². The van der Waals surface area contributed by atoms with Gasteiger partial charge in [0.2, 0.25) is 10.0 Å². The highest BCUT2D eigenvalue weighted by molar-refractivity contribution is 7.89. The largest absolute Gasteiger partial charge is 0.343 e. The summed E-state index contributed by atoms with van der Waals surface area (Å²) in [6.07, 6.45) is 8.99. The van der Waals surface area contributed by atoms with E-state index in [9.17, 15) is 13.2 Å². The summed E-state index contributed by atoms with van der Waals surface area (Å²) in [6.45, 7) is 13.3. The smallest absolute Gasteiger partial charge is 0.239 e. The van der Waals surface area contributed by atoms with Crippen LogP contribution in [0.1, 0.15) is 103 Å². The number of hydrogen-bond donors (Lipinski definition) is 1. The fourth-order valence-corrected chi connectivity index (χ4v) is 6.38. The normalized spacial score (nSPS) is 18.0. The van der Waals surface area contributed by atoms with Crippen molar-refractivity contribution >= 4 is 15.8 Å². The number of carbonyl (C=O) groups excluding carboxylic acids is 1. The Morgan fingerprint density at radius 3 is 2.08 bits per heavy atom. The molecule has 0 unspecified atom stereocenters. The van der Waals surface area contributed by atoms with Gasteiger partial charge in [0.25, 0.3) is 0 Å². The molecule has 0 amide bonds. The molecule has 2 saturated carbocycles. The molecule has 2 fully saturated rings. The summed E-state index contributed by atoms with van der Waals surface area (Å²) in [7, 11) is -3.86. The Morgan fingerprint density at radius 2 is 1.53 bits per heavy atom. The molecule has 0 saturated heterocycles. The second-order valence-corrected chi connectivity index (χ2v) is 14.4. The maximum Gasteiger partial charge on any atom is 0.239 e. The van der Waals surface area contributed by atoms with Crippen LogP contribution in [-0.4, -0.2) is 18.8 Å². The average molecular weight is 513 g/mol. The van der Waals surface area contributed by atoms with Crippen LogP contribution in [0.15, 0.2) is 29.2 Å². The molecule has 6 heteroatoms. The summed E-state index contributed by atoms with van der Waals surface area (Å²) in [5.74, 6) is 1.34. The van der Waals surface area contributed by atoms with Crippen molar-refractivity contribution < 1.29 is 13.2 Å². The number of ketones is 1. The number of carbonyl (C=O) groups is 1. The van der Waals surface area contributed by atoms with Gasteiger partial charge in [0.15, 0.2) is 0 Å². The number of nitrogens with two attached hydrogens (primary N) is 1. The van der Waals surface area contributed by atoms with E-state index in [0.717, 1.165) is 54.6 Å². The molecule has 1 aromatic carbocycles. The fourth-order valence-electron chi connectivity index (χ4n) is 5.58. The van der Waals surface area contributed by atoms with Gasteiger partial charge in [0.05, 0.1) is 0 Å². The van der Waals surface area contributed by atoms with Crippen molar-refractivity contribution in [3.63, 3.8) is 0 Å². The lowest BCUT2D eigenvalue weighted by atomic mass is 9.75. The van der Waals surface area contributed by atoms with Crippen LogP contribution in [0.25, 0.3) is 11.3 Å². The zero-order valence-electron chi connectivity index (χ0n) is 23.0. The van der Waals surface area contributed by atoms with Crippen molar-refractivity contribution in [2.75, 3.05) is 0 Å². The van der Waals surface area contributed by atoms with Gasteiger partial charge in [-0.25, -0.2) is 13.6 Å². The maximum absolute atomic E-state index is 13.3. The van der Waals surface area contributed by atoms with Crippen LogP contribution >= 0.6 is 0 Å². The molecule has 1 heterocycles. The lowest BCUT2D eigenvalue weighted by Gasteiger charge is -2.29. The molecule has 0 aliphatic heterocycles. The van der Waals surface area contributed by atoms with Crippen molar-refractivity contribution in [3.05, 3.63) is 41.1 Å². The SMILES string of the molecule is Cc1c(S(N)(=O)=O)cc(-c2cc(C(C)(C)C)cc(C(C)(C)C(=O)CC3CC3)c2)n1CC1CCCCC1. The Hall–Kier alpha value is -1.92. The van der Waals surface area contributed by atoms with Crippen LogP contribution < -0.4 is 5.14 Å². The number of nitrogens with zero attached hydrogens (tertiary/aromatic N) is 1. The first-order chi connectivity index (χ1) is 16.7. The molecule has 5 nitrogen and oxygen atoms in total. The number of hydrogen-bond acceptors (Lipinski definition) is 3. The van der Waals surface area contributed by atoms with Crippen LogP contribution in [-0.2, 0) is 32.2 Å². The molecule has 36 heavy (non-hydrogen) atoms. The van der Waals surface area contributed by atoms with E-state index in [1.165, 1.54) is 19.3 Å². The van der Waals surface area contributed by atoms with Gasteiger partial charge in [0, 0.05) is 29.8 Å². The summed E-state index contributed by atoms with van der Waals surface area (Å²) in [4.78, 5) is 13.5. The number of sulfonamides is 1. The van der Waals surface area contributed by atoms with Crippen LogP contribution in [0.3, 0.4) is 0 Å². The van der Waals surface area contributed by atoms with Crippen molar-refractivity contribution in [1.29, 1.82) is 0 Å². The van der Waals surface area contributed by atoms with Crippen LogP contribution in [0.4, 0.5) is 0 Å². The van der Waals surface area contributed by atoms with Gasteiger partial charge in [-0.05, 0) is 98.6 Å². The summed E-state index contributed by atoms with van der Waals surface area (Å²) in [6, 6.07) is 8.21. The van der Waals surface area contributed by atoms with E-state index in [-0.39, 0.29) is 16.1 Å². The van der Waals surface area contributed by atoms with Crippen molar-refractivity contribution in [1.82, 2.24) is 4.57 Å². The minimum absolute atomic E-state index is 0.126. The molecular weight excluding hydrogens is 468 g/mol. The van der Waals surface area contributed by atoms with Gasteiger partial charge in [-0.1, -0.05) is 46.1 Å². The van der Waals surface area contributed by atoms with E-state index in [1.807, 2.05) is 20.8 Å². The Balaban J connectivity index is 1.87. The van der Waals surface area contributed by atoms with Gasteiger partial charge >= 0.3 is 0 Å². The minimum atomic E-state index is -3.86. The summed E-state index contributed by atoms with van der Waals surface area (Å²) in [5.41, 5.74) is 3.93. The molecule has 4 rings (SSSR count). The molecule has 2 N–H and O–H groups in total. The van der Waals surface area contributed by atoms with Gasteiger partial charge in [-0.2, -0.15) is 0 Å². The second kappa shape index (κ2) is 9.75. The zero-order valence-corrected chi connectivity index (χ0v) is 23.8.